The number of fused-ring (bicyclic) bond motifs is 4. The van der Waals surface area contributed by atoms with Gasteiger partial charge in [0.2, 0.25) is 0 Å². The number of allylic oxidation sites excluding steroid dienone is 1. The van der Waals surface area contributed by atoms with E-state index in [-0.39, 0.29) is 11.3 Å². The van der Waals surface area contributed by atoms with E-state index in [0.29, 0.717) is 37.3 Å². The van der Waals surface area contributed by atoms with Crippen molar-refractivity contribution in [2.45, 2.75) is 98.6 Å². The van der Waals surface area contributed by atoms with Crippen molar-refractivity contribution in [1.82, 2.24) is 0 Å². The molecule has 0 radical (unpaired) electrons. The maximum absolute atomic E-state index is 13.2. The smallest absolute Gasteiger partial charge is 0.171 e. The molecule has 0 amide bonds. The van der Waals surface area contributed by atoms with E-state index in [0.717, 1.165) is 50.2 Å². The van der Waals surface area contributed by atoms with Gasteiger partial charge in [-0.25, -0.2) is 0 Å². The molecule has 1 heterocycles. The first kappa shape index (κ1) is 22.1. The van der Waals surface area contributed by atoms with Gasteiger partial charge < -0.3 is 14.6 Å². The average Bonchev–Trinajstić information content (AvgIpc) is 3.45. The molecule has 1 saturated heterocycles. The summed E-state index contributed by atoms with van der Waals surface area (Å²) >= 11 is 2.00. The summed E-state index contributed by atoms with van der Waals surface area (Å²) in [5, 5.41) is 12.8. The second-order valence-electron chi connectivity index (χ2n) is 12.0. The van der Waals surface area contributed by atoms with Crippen molar-refractivity contribution in [3.8, 4) is 0 Å². The zero-order valence-corrected chi connectivity index (χ0v) is 21.0. The summed E-state index contributed by atoms with van der Waals surface area (Å²) in [6.07, 6.45) is 9.22. The lowest BCUT2D eigenvalue weighted by atomic mass is 9.51. The lowest BCUT2D eigenvalue weighted by Gasteiger charge is -2.55. The Balaban J connectivity index is 1.31. The van der Waals surface area contributed by atoms with Crippen LogP contribution in [-0.4, -0.2) is 40.7 Å². The summed E-state index contributed by atoms with van der Waals surface area (Å²) in [6.45, 7) is 3.50. The largest absolute Gasteiger partial charge is 0.385 e. The van der Waals surface area contributed by atoms with E-state index in [4.69, 9.17) is 9.47 Å². The third-order valence-electron chi connectivity index (χ3n) is 10.0. The molecule has 1 aromatic carbocycles. The molecule has 0 aromatic heterocycles. The van der Waals surface area contributed by atoms with Gasteiger partial charge in [0.05, 0.1) is 18.8 Å². The predicted octanol–water partition coefficient (Wildman–Crippen LogP) is 5.78. The Labute approximate surface area is 206 Å². The van der Waals surface area contributed by atoms with Gasteiger partial charge in [-0.3, -0.25) is 4.79 Å². The number of ether oxygens (including phenoxy) is 2. The fraction of sp³-hybridized carbons (Fsp3) is 0.690. The molecule has 1 spiro atoms. The quantitative estimate of drug-likeness (QED) is 0.556. The number of carbonyl (C=O) groups is 1. The molecule has 0 bridgehead atoms. The van der Waals surface area contributed by atoms with E-state index in [1.165, 1.54) is 34.4 Å². The summed E-state index contributed by atoms with van der Waals surface area (Å²) in [4.78, 5) is 14.5. The first-order chi connectivity index (χ1) is 16.4. The molecule has 5 fully saturated rings. The Morgan fingerprint density at radius 1 is 1.00 bits per heavy atom. The van der Waals surface area contributed by atoms with Gasteiger partial charge in [-0.2, -0.15) is 0 Å². The maximum Gasteiger partial charge on any atom is 0.171 e. The molecule has 1 unspecified atom stereocenters. The Morgan fingerprint density at radius 3 is 2.50 bits per heavy atom. The molecular weight excluding hydrogens is 444 g/mol. The molecule has 5 aliphatic carbocycles. The highest BCUT2D eigenvalue weighted by Crippen LogP contribution is 2.64. The highest BCUT2D eigenvalue weighted by atomic mass is 32.2. The molecule has 1 aromatic rings. The van der Waals surface area contributed by atoms with Gasteiger partial charge in [0.15, 0.2) is 5.79 Å². The number of ketones is 1. The number of Topliss-reactive ketones (excluding diaryl/α,β-unsaturated/α-hetero) is 1. The van der Waals surface area contributed by atoms with Crippen LogP contribution in [0.1, 0.15) is 82.6 Å². The number of thioether (sulfide) groups is 1. The van der Waals surface area contributed by atoms with Crippen LogP contribution >= 0.6 is 11.8 Å². The fourth-order valence-electron chi connectivity index (χ4n) is 8.24. The van der Waals surface area contributed by atoms with Crippen LogP contribution in [-0.2, 0) is 14.3 Å². The third-order valence-corrected chi connectivity index (χ3v) is 11.4. The standard InChI is InChI=1S/C29H36O4S/c1-27-16-22(18-2-4-19(5-3-18)34-20-6-7-20)26-21(23(27)8-9-25(27)30)10-12-28(31)17-29(13-11-24(26)28)32-14-15-33-29/h2-5,20-23,31H,6-17H2,1H3/t21-,22?,23-,27-,28+/m0/s1. The number of hydrogen-bond donors (Lipinski definition) is 1. The van der Waals surface area contributed by atoms with Crippen molar-refractivity contribution in [1.29, 1.82) is 0 Å². The minimum atomic E-state index is -0.842. The van der Waals surface area contributed by atoms with Crippen LogP contribution in [0.15, 0.2) is 40.3 Å². The molecule has 4 saturated carbocycles. The molecule has 5 heteroatoms. The summed E-state index contributed by atoms with van der Waals surface area (Å²) in [7, 11) is 0. The number of rotatable bonds is 3. The van der Waals surface area contributed by atoms with Crippen LogP contribution in [0.4, 0.5) is 0 Å². The minimum absolute atomic E-state index is 0.217. The predicted molar refractivity (Wildman–Crippen MR) is 132 cm³/mol. The van der Waals surface area contributed by atoms with Crippen LogP contribution in [0.3, 0.4) is 0 Å². The van der Waals surface area contributed by atoms with Crippen molar-refractivity contribution < 1.29 is 19.4 Å². The molecular formula is C29H36O4S. The summed E-state index contributed by atoms with van der Waals surface area (Å²) < 4.78 is 12.1. The van der Waals surface area contributed by atoms with Crippen LogP contribution < -0.4 is 0 Å². The molecule has 6 aliphatic rings. The monoisotopic (exact) mass is 480 g/mol. The van der Waals surface area contributed by atoms with Gasteiger partial charge >= 0.3 is 0 Å². The maximum atomic E-state index is 13.2. The molecule has 7 rings (SSSR count). The van der Waals surface area contributed by atoms with Crippen molar-refractivity contribution in [2.75, 3.05) is 13.2 Å². The topological polar surface area (TPSA) is 55.8 Å². The number of benzene rings is 1. The van der Waals surface area contributed by atoms with Gasteiger partial charge in [0.25, 0.3) is 0 Å². The lowest BCUT2D eigenvalue weighted by molar-refractivity contribution is -0.208. The van der Waals surface area contributed by atoms with Crippen molar-refractivity contribution in [2.24, 2.45) is 17.3 Å². The Hall–Kier alpha value is -1.14. The van der Waals surface area contributed by atoms with Gasteiger partial charge in [-0.1, -0.05) is 24.6 Å². The van der Waals surface area contributed by atoms with Gasteiger partial charge in [0.1, 0.15) is 5.78 Å². The van der Waals surface area contributed by atoms with Crippen LogP contribution in [0.5, 0.6) is 0 Å². The minimum Gasteiger partial charge on any atom is -0.385 e. The number of hydrogen-bond acceptors (Lipinski definition) is 5. The molecule has 1 aliphatic heterocycles. The fourth-order valence-corrected chi connectivity index (χ4v) is 9.29. The van der Waals surface area contributed by atoms with Crippen LogP contribution in [0.2, 0.25) is 0 Å². The third kappa shape index (κ3) is 3.33. The number of carbonyl (C=O) groups excluding carboxylic acids is 1. The highest BCUT2D eigenvalue weighted by Gasteiger charge is 2.60. The van der Waals surface area contributed by atoms with Crippen molar-refractivity contribution in [3.63, 3.8) is 0 Å². The average molecular weight is 481 g/mol. The zero-order chi connectivity index (χ0) is 23.1. The zero-order valence-electron chi connectivity index (χ0n) is 20.2. The highest BCUT2D eigenvalue weighted by molar-refractivity contribution is 8.00. The molecule has 4 nitrogen and oxygen atoms in total. The van der Waals surface area contributed by atoms with E-state index in [2.05, 4.69) is 31.2 Å². The van der Waals surface area contributed by atoms with Crippen molar-refractivity contribution in [3.05, 3.63) is 41.0 Å². The summed E-state index contributed by atoms with van der Waals surface area (Å²) in [5.41, 5.74) is 2.98. The Bertz CT molecular complexity index is 1040. The second kappa shape index (κ2) is 7.68. The van der Waals surface area contributed by atoms with E-state index < -0.39 is 11.4 Å². The normalized spacial score (nSPS) is 40.9. The van der Waals surface area contributed by atoms with E-state index >= 15 is 0 Å². The van der Waals surface area contributed by atoms with Crippen molar-refractivity contribution >= 4 is 17.5 Å². The molecule has 182 valence electrons. The lowest BCUT2D eigenvalue weighted by Crippen LogP contribution is -2.53. The molecule has 1 N–H and O–H groups in total. The van der Waals surface area contributed by atoms with Crippen LogP contribution in [0, 0.1) is 17.3 Å². The molecule has 5 atom stereocenters. The second-order valence-corrected chi connectivity index (χ2v) is 13.4. The Kier molecular flexibility index (Phi) is 4.99. The summed E-state index contributed by atoms with van der Waals surface area (Å²) in [6, 6.07) is 9.19. The molecule has 34 heavy (non-hydrogen) atoms. The van der Waals surface area contributed by atoms with E-state index in [9.17, 15) is 9.90 Å². The van der Waals surface area contributed by atoms with E-state index in [1.807, 2.05) is 11.8 Å². The Morgan fingerprint density at radius 2 is 1.76 bits per heavy atom. The first-order valence-electron chi connectivity index (χ1n) is 13.4. The summed E-state index contributed by atoms with van der Waals surface area (Å²) in [5.74, 6) is 0.904. The number of aliphatic hydroxyl groups is 1. The van der Waals surface area contributed by atoms with E-state index in [1.54, 1.807) is 0 Å². The van der Waals surface area contributed by atoms with Gasteiger partial charge in [-0.05, 0) is 80.1 Å². The van der Waals surface area contributed by atoms with Crippen LogP contribution in [0.25, 0.3) is 0 Å². The van der Waals surface area contributed by atoms with Gasteiger partial charge in [0, 0.05) is 40.7 Å². The van der Waals surface area contributed by atoms with Gasteiger partial charge in [-0.15, -0.1) is 11.8 Å². The SMILES string of the molecule is C[C@]12CC(c3ccc(SC4CC4)cc3)C3=C4CCC5(C[C@]4(O)CC[C@H]3[C@@H]1CCC2=O)OCCO5. The first-order valence-corrected chi connectivity index (χ1v) is 14.3.